The first-order valence-corrected chi connectivity index (χ1v) is 7.57. The van der Waals surface area contributed by atoms with Gasteiger partial charge in [0.2, 0.25) is 5.95 Å². The number of anilines is 3. The summed E-state index contributed by atoms with van der Waals surface area (Å²) in [6, 6.07) is 6.06. The highest BCUT2D eigenvalue weighted by Gasteiger charge is 2.14. The third-order valence-electron chi connectivity index (χ3n) is 3.27. The average Bonchev–Trinajstić information content (AvgIpc) is 2.52. The predicted octanol–water partition coefficient (Wildman–Crippen LogP) is 2.52. The number of nitrogens with one attached hydrogen (secondary N) is 1. The molecule has 0 unspecified atom stereocenters. The number of aryl methyl sites for hydroxylation is 1. The molecule has 0 aliphatic carbocycles. The first-order valence-electron chi connectivity index (χ1n) is 6.78. The number of rotatable bonds is 3. The number of benzene rings is 1. The predicted molar refractivity (Wildman–Crippen MR) is 85.0 cm³/mol. The molecule has 21 heavy (non-hydrogen) atoms. The van der Waals surface area contributed by atoms with Gasteiger partial charge >= 0.3 is 0 Å². The van der Waals surface area contributed by atoms with Crippen LogP contribution in [0, 0.1) is 6.92 Å². The van der Waals surface area contributed by atoms with Crippen LogP contribution in [0.2, 0.25) is 0 Å². The van der Waals surface area contributed by atoms with Crippen molar-refractivity contribution in [3.8, 4) is 0 Å². The summed E-state index contributed by atoms with van der Waals surface area (Å²) >= 11 is 3.49. The molecule has 1 aromatic heterocycles. The molecule has 2 heterocycles. The molecule has 1 N–H and O–H groups in total. The molecule has 0 amide bonds. The summed E-state index contributed by atoms with van der Waals surface area (Å²) in [7, 11) is 0. The number of hydrogen-bond acceptors (Lipinski definition) is 6. The van der Waals surface area contributed by atoms with Crippen LogP contribution < -0.4 is 10.2 Å². The SMILES string of the molecule is Cc1cc(Nc2cnnc(N3CCOCC3)n2)ccc1Br. The third kappa shape index (κ3) is 3.48. The third-order valence-corrected chi connectivity index (χ3v) is 4.16. The van der Waals surface area contributed by atoms with E-state index in [4.69, 9.17) is 4.74 Å². The Labute approximate surface area is 131 Å². The van der Waals surface area contributed by atoms with Gasteiger partial charge in [0.1, 0.15) is 0 Å². The Morgan fingerprint density at radius 2 is 2.10 bits per heavy atom. The lowest BCUT2D eigenvalue weighted by Gasteiger charge is -2.26. The van der Waals surface area contributed by atoms with Crippen molar-refractivity contribution in [2.45, 2.75) is 6.92 Å². The quantitative estimate of drug-likeness (QED) is 0.918. The highest BCUT2D eigenvalue weighted by atomic mass is 79.9. The van der Waals surface area contributed by atoms with E-state index in [1.54, 1.807) is 6.20 Å². The Hall–Kier alpha value is -1.73. The van der Waals surface area contributed by atoms with Crippen LogP contribution in [0.5, 0.6) is 0 Å². The Morgan fingerprint density at radius 1 is 1.29 bits per heavy atom. The zero-order chi connectivity index (χ0) is 14.7. The topological polar surface area (TPSA) is 63.2 Å². The van der Waals surface area contributed by atoms with Crippen LogP contribution in [0.1, 0.15) is 5.56 Å². The van der Waals surface area contributed by atoms with Gasteiger partial charge < -0.3 is 15.0 Å². The van der Waals surface area contributed by atoms with E-state index >= 15 is 0 Å². The lowest BCUT2D eigenvalue weighted by atomic mass is 10.2. The van der Waals surface area contributed by atoms with Crippen LogP contribution in [0.3, 0.4) is 0 Å². The molecule has 7 heteroatoms. The largest absolute Gasteiger partial charge is 0.378 e. The molecule has 1 aliphatic heterocycles. The zero-order valence-electron chi connectivity index (χ0n) is 11.7. The van der Waals surface area contributed by atoms with Gasteiger partial charge in [-0.15, -0.1) is 5.10 Å². The van der Waals surface area contributed by atoms with E-state index in [0.717, 1.165) is 28.8 Å². The van der Waals surface area contributed by atoms with Crippen LogP contribution in [-0.2, 0) is 4.74 Å². The molecular formula is C14H16BrN5O. The molecule has 6 nitrogen and oxygen atoms in total. The van der Waals surface area contributed by atoms with Gasteiger partial charge in [-0.1, -0.05) is 15.9 Å². The van der Waals surface area contributed by atoms with Gasteiger partial charge in [-0.25, -0.2) is 0 Å². The summed E-state index contributed by atoms with van der Waals surface area (Å²) in [6.07, 6.45) is 1.63. The second-order valence-electron chi connectivity index (χ2n) is 4.83. The summed E-state index contributed by atoms with van der Waals surface area (Å²) < 4.78 is 6.42. The second kappa shape index (κ2) is 6.36. The van der Waals surface area contributed by atoms with Crippen molar-refractivity contribution >= 4 is 33.4 Å². The normalized spacial score (nSPS) is 15.0. The van der Waals surface area contributed by atoms with Crippen LogP contribution >= 0.6 is 15.9 Å². The molecule has 110 valence electrons. The van der Waals surface area contributed by atoms with E-state index in [-0.39, 0.29) is 0 Å². The lowest BCUT2D eigenvalue weighted by molar-refractivity contribution is 0.122. The van der Waals surface area contributed by atoms with Crippen molar-refractivity contribution in [2.24, 2.45) is 0 Å². The van der Waals surface area contributed by atoms with Gasteiger partial charge in [0, 0.05) is 23.2 Å². The first kappa shape index (κ1) is 14.2. The number of morpholine rings is 1. The number of ether oxygens (including phenoxy) is 1. The number of nitrogens with zero attached hydrogens (tertiary/aromatic N) is 4. The van der Waals surface area contributed by atoms with E-state index in [1.165, 1.54) is 0 Å². The minimum atomic E-state index is 0.636. The van der Waals surface area contributed by atoms with Gasteiger partial charge in [0.05, 0.1) is 19.4 Å². The summed E-state index contributed by atoms with van der Waals surface area (Å²) in [6.45, 7) is 5.04. The fourth-order valence-corrected chi connectivity index (χ4v) is 2.37. The smallest absolute Gasteiger partial charge is 0.247 e. The molecular weight excluding hydrogens is 334 g/mol. The van der Waals surface area contributed by atoms with Gasteiger partial charge in [-0.2, -0.15) is 10.1 Å². The van der Waals surface area contributed by atoms with Crippen LogP contribution in [0.25, 0.3) is 0 Å². The molecule has 0 bridgehead atoms. The number of hydrogen-bond donors (Lipinski definition) is 1. The van der Waals surface area contributed by atoms with Gasteiger partial charge in [0.25, 0.3) is 0 Å². The zero-order valence-corrected chi connectivity index (χ0v) is 13.3. The monoisotopic (exact) mass is 349 g/mol. The van der Waals surface area contributed by atoms with E-state index in [9.17, 15) is 0 Å². The Balaban J connectivity index is 1.77. The van der Waals surface area contributed by atoms with Crippen molar-refractivity contribution in [1.29, 1.82) is 0 Å². The van der Waals surface area contributed by atoms with E-state index in [2.05, 4.69) is 47.4 Å². The summed E-state index contributed by atoms with van der Waals surface area (Å²) in [5.74, 6) is 1.32. The summed E-state index contributed by atoms with van der Waals surface area (Å²) in [5, 5.41) is 11.4. The molecule has 1 saturated heterocycles. The van der Waals surface area contributed by atoms with Gasteiger partial charge in [-0.05, 0) is 30.7 Å². The standard InChI is InChI=1S/C14H16BrN5O/c1-10-8-11(2-3-12(10)15)17-13-9-16-19-14(18-13)20-4-6-21-7-5-20/h2-3,8-9H,4-7H2,1H3,(H,17,18,19). The number of halogens is 1. The molecule has 0 radical (unpaired) electrons. The van der Waals surface area contributed by atoms with Crippen molar-refractivity contribution in [3.05, 3.63) is 34.4 Å². The summed E-state index contributed by atoms with van der Waals surface area (Å²) in [5.41, 5.74) is 2.14. The van der Waals surface area contributed by atoms with E-state index < -0.39 is 0 Å². The van der Waals surface area contributed by atoms with Crippen molar-refractivity contribution in [2.75, 3.05) is 36.5 Å². The maximum Gasteiger partial charge on any atom is 0.247 e. The Bertz CT molecular complexity index is 631. The van der Waals surface area contributed by atoms with Gasteiger partial charge in [0.15, 0.2) is 5.82 Å². The van der Waals surface area contributed by atoms with Crippen molar-refractivity contribution in [1.82, 2.24) is 15.2 Å². The molecule has 3 rings (SSSR count). The van der Waals surface area contributed by atoms with Crippen LogP contribution in [-0.4, -0.2) is 41.5 Å². The molecule has 1 fully saturated rings. The van der Waals surface area contributed by atoms with Crippen LogP contribution in [0.4, 0.5) is 17.5 Å². The van der Waals surface area contributed by atoms with Crippen molar-refractivity contribution < 1.29 is 4.74 Å². The molecule has 0 spiro atoms. The minimum Gasteiger partial charge on any atom is -0.378 e. The highest BCUT2D eigenvalue weighted by molar-refractivity contribution is 9.10. The molecule has 0 atom stereocenters. The fraction of sp³-hybridized carbons (Fsp3) is 0.357. The lowest BCUT2D eigenvalue weighted by Crippen LogP contribution is -2.37. The van der Waals surface area contributed by atoms with E-state index in [1.807, 2.05) is 19.1 Å². The average molecular weight is 350 g/mol. The summed E-state index contributed by atoms with van der Waals surface area (Å²) in [4.78, 5) is 6.60. The fourth-order valence-electron chi connectivity index (χ4n) is 2.12. The van der Waals surface area contributed by atoms with Crippen molar-refractivity contribution in [3.63, 3.8) is 0 Å². The molecule has 0 saturated carbocycles. The maximum absolute atomic E-state index is 5.33. The Kier molecular flexibility index (Phi) is 4.31. The molecule has 1 aliphatic rings. The van der Waals surface area contributed by atoms with Crippen LogP contribution in [0.15, 0.2) is 28.9 Å². The minimum absolute atomic E-state index is 0.636. The second-order valence-corrected chi connectivity index (χ2v) is 5.68. The Morgan fingerprint density at radius 3 is 2.86 bits per heavy atom. The molecule has 2 aromatic rings. The maximum atomic E-state index is 5.33. The van der Waals surface area contributed by atoms with E-state index in [0.29, 0.717) is 25.0 Å². The highest BCUT2D eigenvalue weighted by Crippen LogP contribution is 2.22. The first-order chi connectivity index (χ1) is 10.2. The van der Waals surface area contributed by atoms with Gasteiger partial charge in [-0.3, -0.25) is 0 Å². The molecule has 1 aromatic carbocycles. The number of aromatic nitrogens is 3.